The SMILES string of the molecule is NC(=O)NCc1ccc(CN(C(=O)NCc2ccc3ccccc3c2)[C@H](CCCNC(=O)OCc2ccccc2)C(N)=O)cc1. The van der Waals surface area contributed by atoms with E-state index >= 15 is 0 Å². The first-order valence-electron chi connectivity index (χ1n) is 14.7. The number of benzene rings is 4. The molecular weight excluding hydrogens is 572 g/mol. The molecule has 234 valence electrons. The van der Waals surface area contributed by atoms with Crippen molar-refractivity contribution in [2.75, 3.05) is 6.54 Å². The maximum Gasteiger partial charge on any atom is 0.407 e. The van der Waals surface area contributed by atoms with E-state index < -0.39 is 30.1 Å². The summed E-state index contributed by atoms with van der Waals surface area (Å²) >= 11 is 0. The molecule has 4 rings (SSSR count). The highest BCUT2D eigenvalue weighted by Gasteiger charge is 2.28. The molecule has 1 atom stereocenters. The molecule has 7 N–H and O–H groups in total. The minimum absolute atomic E-state index is 0.104. The number of fused-ring (bicyclic) bond motifs is 1. The molecule has 0 fully saturated rings. The van der Waals surface area contributed by atoms with Crippen LogP contribution in [-0.4, -0.2) is 41.5 Å². The van der Waals surface area contributed by atoms with E-state index in [2.05, 4.69) is 16.0 Å². The molecule has 0 saturated heterocycles. The molecule has 45 heavy (non-hydrogen) atoms. The molecule has 11 heteroatoms. The molecule has 0 radical (unpaired) electrons. The van der Waals surface area contributed by atoms with E-state index in [9.17, 15) is 19.2 Å². The Morgan fingerprint density at radius 2 is 1.33 bits per heavy atom. The highest BCUT2D eigenvalue weighted by atomic mass is 16.5. The van der Waals surface area contributed by atoms with Gasteiger partial charge < -0.3 is 37.1 Å². The number of hydrogen-bond donors (Lipinski definition) is 5. The Kier molecular flexibility index (Phi) is 11.7. The number of nitrogens with two attached hydrogens (primary N) is 2. The Morgan fingerprint density at radius 1 is 0.689 bits per heavy atom. The molecule has 0 saturated carbocycles. The van der Waals surface area contributed by atoms with Crippen molar-refractivity contribution in [2.24, 2.45) is 11.5 Å². The van der Waals surface area contributed by atoms with Crippen molar-refractivity contribution in [3.05, 3.63) is 119 Å². The molecule has 0 spiro atoms. The lowest BCUT2D eigenvalue weighted by molar-refractivity contribution is -0.122. The van der Waals surface area contributed by atoms with Crippen LogP contribution < -0.4 is 27.4 Å². The van der Waals surface area contributed by atoms with Crippen LogP contribution in [0.5, 0.6) is 0 Å². The summed E-state index contributed by atoms with van der Waals surface area (Å²) in [5, 5.41) is 10.3. The summed E-state index contributed by atoms with van der Waals surface area (Å²) in [6.07, 6.45) is 0.0174. The van der Waals surface area contributed by atoms with Gasteiger partial charge in [0.15, 0.2) is 0 Å². The van der Waals surface area contributed by atoms with Crippen molar-refractivity contribution < 1.29 is 23.9 Å². The number of urea groups is 2. The number of hydrogen-bond acceptors (Lipinski definition) is 5. The van der Waals surface area contributed by atoms with E-state index in [-0.39, 0.29) is 39.2 Å². The van der Waals surface area contributed by atoms with E-state index in [4.69, 9.17) is 16.2 Å². The quantitative estimate of drug-likeness (QED) is 0.134. The van der Waals surface area contributed by atoms with Gasteiger partial charge in [-0.2, -0.15) is 0 Å². The van der Waals surface area contributed by atoms with Gasteiger partial charge in [-0.15, -0.1) is 0 Å². The van der Waals surface area contributed by atoms with Crippen LogP contribution in [0.2, 0.25) is 0 Å². The largest absolute Gasteiger partial charge is 0.445 e. The van der Waals surface area contributed by atoms with Gasteiger partial charge in [-0.05, 0) is 51.9 Å². The third kappa shape index (κ3) is 10.3. The Labute approximate surface area is 261 Å². The zero-order chi connectivity index (χ0) is 32.0. The number of nitrogens with zero attached hydrogens (tertiary/aromatic N) is 1. The van der Waals surface area contributed by atoms with Crippen LogP contribution in [0.25, 0.3) is 10.8 Å². The van der Waals surface area contributed by atoms with Gasteiger partial charge in [-0.1, -0.05) is 91.0 Å². The van der Waals surface area contributed by atoms with Crippen LogP contribution in [0.3, 0.4) is 0 Å². The molecule has 6 amide bonds. The van der Waals surface area contributed by atoms with E-state index in [1.54, 1.807) is 12.1 Å². The van der Waals surface area contributed by atoms with Crippen LogP contribution >= 0.6 is 0 Å². The molecule has 0 bridgehead atoms. The normalized spacial score (nSPS) is 11.3. The fourth-order valence-corrected chi connectivity index (χ4v) is 4.81. The van der Waals surface area contributed by atoms with Crippen molar-refractivity contribution in [3.63, 3.8) is 0 Å². The lowest BCUT2D eigenvalue weighted by atomic mass is 10.1. The zero-order valence-corrected chi connectivity index (χ0v) is 24.9. The minimum Gasteiger partial charge on any atom is -0.445 e. The van der Waals surface area contributed by atoms with Crippen LogP contribution in [0.1, 0.15) is 35.1 Å². The number of amides is 6. The predicted molar refractivity (Wildman–Crippen MR) is 171 cm³/mol. The van der Waals surface area contributed by atoms with Crippen molar-refractivity contribution >= 4 is 34.8 Å². The Bertz CT molecular complexity index is 1600. The van der Waals surface area contributed by atoms with Gasteiger partial charge in [0.2, 0.25) is 5.91 Å². The molecule has 0 aliphatic heterocycles. The second-order valence-corrected chi connectivity index (χ2v) is 10.6. The average Bonchev–Trinajstić information content (AvgIpc) is 3.05. The van der Waals surface area contributed by atoms with Gasteiger partial charge >= 0.3 is 18.2 Å². The molecule has 4 aromatic rings. The van der Waals surface area contributed by atoms with E-state index in [1.807, 2.05) is 84.9 Å². The van der Waals surface area contributed by atoms with Gasteiger partial charge in [0.25, 0.3) is 0 Å². The first-order valence-corrected chi connectivity index (χ1v) is 14.7. The number of primary amides is 2. The Hall–Kier alpha value is -5.58. The summed E-state index contributed by atoms with van der Waals surface area (Å²) < 4.78 is 5.24. The number of ether oxygens (including phenoxy) is 1. The third-order valence-corrected chi connectivity index (χ3v) is 7.20. The Balaban J connectivity index is 1.40. The molecule has 0 heterocycles. The van der Waals surface area contributed by atoms with Crippen LogP contribution in [0.4, 0.5) is 14.4 Å². The molecule has 0 aliphatic carbocycles. The highest BCUT2D eigenvalue weighted by Crippen LogP contribution is 2.17. The summed E-state index contributed by atoms with van der Waals surface area (Å²) in [6.45, 7) is 0.978. The summed E-state index contributed by atoms with van der Waals surface area (Å²) in [7, 11) is 0. The first-order chi connectivity index (χ1) is 21.8. The molecule has 0 unspecified atom stereocenters. The van der Waals surface area contributed by atoms with Crippen molar-refractivity contribution in [1.82, 2.24) is 20.9 Å². The topological polar surface area (TPSA) is 169 Å². The van der Waals surface area contributed by atoms with Gasteiger partial charge in [-0.25, -0.2) is 14.4 Å². The fraction of sp³-hybridized carbons (Fsp3) is 0.235. The molecule has 11 nitrogen and oxygen atoms in total. The second-order valence-electron chi connectivity index (χ2n) is 10.6. The maximum absolute atomic E-state index is 13.6. The number of nitrogens with one attached hydrogen (secondary N) is 3. The Morgan fingerprint density at radius 3 is 2.04 bits per heavy atom. The zero-order valence-electron chi connectivity index (χ0n) is 24.9. The predicted octanol–water partition coefficient (Wildman–Crippen LogP) is 4.28. The van der Waals surface area contributed by atoms with Gasteiger partial charge in [0.1, 0.15) is 12.6 Å². The van der Waals surface area contributed by atoms with E-state index in [1.165, 1.54) is 4.90 Å². The molecule has 4 aromatic carbocycles. The summed E-state index contributed by atoms with van der Waals surface area (Å²) in [6, 6.07) is 28.4. The molecule has 0 aromatic heterocycles. The number of carbonyl (C=O) groups is 4. The number of rotatable bonds is 14. The van der Waals surface area contributed by atoms with Crippen molar-refractivity contribution in [3.8, 4) is 0 Å². The van der Waals surface area contributed by atoms with Gasteiger partial charge in [0, 0.05) is 26.2 Å². The summed E-state index contributed by atoms with van der Waals surface area (Å²) in [5.41, 5.74) is 14.3. The van der Waals surface area contributed by atoms with Crippen molar-refractivity contribution in [1.29, 1.82) is 0 Å². The fourth-order valence-electron chi connectivity index (χ4n) is 4.81. The lowest BCUT2D eigenvalue weighted by Gasteiger charge is -2.30. The summed E-state index contributed by atoms with van der Waals surface area (Å²) in [5.74, 6) is -0.662. The first kappa shape index (κ1) is 32.3. The minimum atomic E-state index is -0.944. The lowest BCUT2D eigenvalue weighted by Crippen LogP contribution is -2.51. The second kappa shape index (κ2) is 16.3. The average molecular weight is 611 g/mol. The van der Waals surface area contributed by atoms with Gasteiger partial charge in [-0.3, -0.25) is 4.79 Å². The van der Waals surface area contributed by atoms with Crippen LogP contribution in [0, 0.1) is 0 Å². The standard InChI is InChI=1S/C34H38N6O5/c35-31(41)30(11-6-18-37-34(44)45-23-26-7-2-1-3-8-26)40(22-25-14-12-24(13-15-25)20-38-32(36)42)33(43)39-21-27-16-17-28-9-4-5-10-29(28)19-27/h1-5,7-10,12-17,19,30H,6,11,18,20-23H2,(H2,35,41)(H,37,44)(H,39,43)(H3,36,38,42)/t30-/m1/s1. The molecular formula is C34H38N6O5. The van der Waals surface area contributed by atoms with E-state index in [0.29, 0.717) is 6.42 Å². The summed E-state index contributed by atoms with van der Waals surface area (Å²) in [4.78, 5) is 50.9. The molecule has 0 aliphatic rings. The monoisotopic (exact) mass is 610 g/mol. The number of carbonyl (C=O) groups excluding carboxylic acids is 4. The third-order valence-electron chi connectivity index (χ3n) is 7.20. The maximum atomic E-state index is 13.6. The van der Waals surface area contributed by atoms with Crippen molar-refractivity contribution in [2.45, 2.75) is 45.1 Å². The van der Waals surface area contributed by atoms with E-state index in [0.717, 1.165) is 33.0 Å². The van der Waals surface area contributed by atoms with Crippen LogP contribution in [0.15, 0.2) is 97.1 Å². The van der Waals surface area contributed by atoms with Gasteiger partial charge in [0.05, 0.1) is 0 Å². The number of alkyl carbamates (subject to hydrolysis) is 1. The van der Waals surface area contributed by atoms with Crippen LogP contribution in [-0.2, 0) is 35.8 Å². The smallest absolute Gasteiger partial charge is 0.407 e. The highest BCUT2D eigenvalue weighted by molar-refractivity contribution is 5.86.